The molecule has 0 amide bonds. The normalized spacial score (nSPS) is 22.9. The van der Waals surface area contributed by atoms with Crippen LogP contribution >= 0.6 is 11.6 Å². The molecule has 1 aliphatic heterocycles. The third-order valence-corrected chi connectivity index (χ3v) is 4.36. The summed E-state index contributed by atoms with van der Waals surface area (Å²) in [4.78, 5) is 2.52. The second kappa shape index (κ2) is 7.51. The molecule has 2 unspecified atom stereocenters. The number of nitrogens with zero attached hydrogens (tertiary/aromatic N) is 1. The molecule has 0 radical (unpaired) electrons. The summed E-state index contributed by atoms with van der Waals surface area (Å²) < 4.78 is 0. The average Bonchev–Trinajstić information content (AvgIpc) is 2.39. The van der Waals surface area contributed by atoms with E-state index in [0.717, 1.165) is 43.0 Å². The first kappa shape index (κ1) is 16.6. The van der Waals surface area contributed by atoms with Gasteiger partial charge < -0.3 is 10.2 Å². The summed E-state index contributed by atoms with van der Waals surface area (Å²) in [5, 5.41) is 4.39. The van der Waals surface area contributed by atoms with Crippen LogP contribution in [0.5, 0.6) is 0 Å². The van der Waals surface area contributed by atoms with E-state index in [4.69, 9.17) is 11.6 Å². The summed E-state index contributed by atoms with van der Waals surface area (Å²) in [6, 6.07) is 6.32. The van der Waals surface area contributed by atoms with Gasteiger partial charge in [0.2, 0.25) is 0 Å². The molecule has 0 aromatic heterocycles. The molecule has 1 aliphatic rings. The first-order valence-corrected chi connectivity index (χ1v) is 8.57. The zero-order valence-corrected chi connectivity index (χ0v) is 14.6. The Bertz CT molecular complexity index is 449. The summed E-state index contributed by atoms with van der Waals surface area (Å²) in [5.41, 5.74) is 2.68. The standard InChI is InChI=1S/C18H29ClN2/c1-13(2)9-20-10-16-5-6-17(19)8-18(16)21-11-14(3)7-15(4)12-21/h5-6,8,13-15,20H,7,9-12H2,1-4H3. The zero-order valence-electron chi connectivity index (χ0n) is 13.8. The number of hydrogen-bond donors (Lipinski definition) is 1. The molecule has 2 nitrogen and oxygen atoms in total. The van der Waals surface area contributed by atoms with Crippen molar-refractivity contribution in [1.82, 2.24) is 5.32 Å². The summed E-state index contributed by atoms with van der Waals surface area (Å²) in [6.45, 7) is 13.4. The summed E-state index contributed by atoms with van der Waals surface area (Å²) in [6.07, 6.45) is 1.33. The van der Waals surface area contributed by atoms with Crippen LogP contribution in [0.15, 0.2) is 18.2 Å². The van der Waals surface area contributed by atoms with Crippen molar-refractivity contribution in [2.75, 3.05) is 24.5 Å². The smallest absolute Gasteiger partial charge is 0.0426 e. The molecule has 1 aromatic carbocycles. The minimum atomic E-state index is 0.677. The van der Waals surface area contributed by atoms with E-state index >= 15 is 0 Å². The molecule has 0 spiro atoms. The van der Waals surface area contributed by atoms with Crippen LogP contribution in [0.25, 0.3) is 0 Å². The number of hydrogen-bond acceptors (Lipinski definition) is 2. The number of benzene rings is 1. The van der Waals surface area contributed by atoms with Crippen LogP contribution in [-0.4, -0.2) is 19.6 Å². The Kier molecular flexibility index (Phi) is 5.95. The van der Waals surface area contributed by atoms with Crippen molar-refractivity contribution in [2.24, 2.45) is 17.8 Å². The molecular weight excluding hydrogens is 280 g/mol. The zero-order chi connectivity index (χ0) is 15.4. The maximum absolute atomic E-state index is 6.25. The number of rotatable bonds is 5. The third kappa shape index (κ3) is 4.89. The fourth-order valence-corrected chi connectivity index (χ4v) is 3.50. The minimum Gasteiger partial charge on any atom is -0.371 e. The maximum Gasteiger partial charge on any atom is 0.0426 e. The summed E-state index contributed by atoms with van der Waals surface area (Å²) >= 11 is 6.25. The second-order valence-electron chi connectivity index (χ2n) is 7.15. The predicted octanol–water partition coefficient (Wildman–Crippen LogP) is 4.57. The van der Waals surface area contributed by atoms with Gasteiger partial charge in [0.25, 0.3) is 0 Å². The van der Waals surface area contributed by atoms with Crippen LogP contribution in [0.3, 0.4) is 0 Å². The van der Waals surface area contributed by atoms with Crippen LogP contribution in [0.2, 0.25) is 5.02 Å². The summed E-state index contributed by atoms with van der Waals surface area (Å²) in [5.74, 6) is 2.18. The fourth-order valence-electron chi connectivity index (χ4n) is 3.34. The molecule has 2 rings (SSSR count). The van der Waals surface area contributed by atoms with Crippen molar-refractivity contribution in [1.29, 1.82) is 0 Å². The molecule has 1 fully saturated rings. The number of nitrogens with one attached hydrogen (secondary N) is 1. The molecule has 2 atom stereocenters. The Labute approximate surface area is 134 Å². The van der Waals surface area contributed by atoms with Gasteiger partial charge in [0.15, 0.2) is 0 Å². The highest BCUT2D eigenvalue weighted by Gasteiger charge is 2.23. The van der Waals surface area contributed by atoms with Gasteiger partial charge in [0.1, 0.15) is 0 Å². The molecule has 1 heterocycles. The lowest BCUT2D eigenvalue weighted by Gasteiger charge is -2.37. The molecule has 118 valence electrons. The van der Waals surface area contributed by atoms with Crippen LogP contribution in [0, 0.1) is 17.8 Å². The Balaban J connectivity index is 2.14. The van der Waals surface area contributed by atoms with Gasteiger partial charge in [-0.3, -0.25) is 0 Å². The fraction of sp³-hybridized carbons (Fsp3) is 0.667. The van der Waals surface area contributed by atoms with E-state index in [1.54, 1.807) is 0 Å². The van der Waals surface area contributed by atoms with Gasteiger partial charge in [-0.2, -0.15) is 0 Å². The lowest BCUT2D eigenvalue weighted by atomic mass is 9.91. The Hall–Kier alpha value is -0.730. The Morgan fingerprint density at radius 2 is 1.90 bits per heavy atom. The second-order valence-corrected chi connectivity index (χ2v) is 7.59. The molecule has 3 heteroatoms. The van der Waals surface area contributed by atoms with E-state index in [2.05, 4.69) is 50.0 Å². The predicted molar refractivity (Wildman–Crippen MR) is 93.2 cm³/mol. The number of halogens is 1. The van der Waals surface area contributed by atoms with E-state index in [9.17, 15) is 0 Å². The topological polar surface area (TPSA) is 15.3 Å². The van der Waals surface area contributed by atoms with Crippen LogP contribution < -0.4 is 10.2 Å². The van der Waals surface area contributed by atoms with E-state index in [1.165, 1.54) is 17.7 Å². The number of anilines is 1. The quantitative estimate of drug-likeness (QED) is 0.857. The van der Waals surface area contributed by atoms with E-state index in [-0.39, 0.29) is 0 Å². The van der Waals surface area contributed by atoms with Gasteiger partial charge in [0.05, 0.1) is 0 Å². The average molecular weight is 309 g/mol. The Morgan fingerprint density at radius 1 is 1.24 bits per heavy atom. The first-order chi connectivity index (χ1) is 9.95. The van der Waals surface area contributed by atoms with Gasteiger partial charge in [-0.05, 0) is 48.4 Å². The molecule has 0 saturated carbocycles. The van der Waals surface area contributed by atoms with Crippen LogP contribution in [0.4, 0.5) is 5.69 Å². The highest BCUT2D eigenvalue weighted by atomic mass is 35.5. The van der Waals surface area contributed by atoms with Crippen molar-refractivity contribution >= 4 is 17.3 Å². The van der Waals surface area contributed by atoms with Gasteiger partial charge in [-0.25, -0.2) is 0 Å². The van der Waals surface area contributed by atoms with Crippen molar-refractivity contribution < 1.29 is 0 Å². The van der Waals surface area contributed by atoms with Crippen molar-refractivity contribution in [2.45, 2.75) is 40.7 Å². The van der Waals surface area contributed by atoms with Crippen molar-refractivity contribution in [3.63, 3.8) is 0 Å². The number of piperidine rings is 1. The maximum atomic E-state index is 6.25. The molecular formula is C18H29ClN2. The van der Waals surface area contributed by atoms with Gasteiger partial charge >= 0.3 is 0 Å². The molecule has 1 N–H and O–H groups in total. The molecule has 21 heavy (non-hydrogen) atoms. The highest BCUT2D eigenvalue weighted by Crippen LogP contribution is 2.31. The van der Waals surface area contributed by atoms with Crippen LogP contribution in [0.1, 0.15) is 39.7 Å². The Morgan fingerprint density at radius 3 is 2.52 bits per heavy atom. The van der Waals surface area contributed by atoms with E-state index in [0.29, 0.717) is 5.92 Å². The molecule has 1 aromatic rings. The van der Waals surface area contributed by atoms with Gasteiger partial charge in [0, 0.05) is 30.3 Å². The van der Waals surface area contributed by atoms with E-state index < -0.39 is 0 Å². The molecule has 0 aliphatic carbocycles. The lowest BCUT2D eigenvalue weighted by molar-refractivity contribution is 0.356. The van der Waals surface area contributed by atoms with Crippen molar-refractivity contribution in [3.8, 4) is 0 Å². The molecule has 1 saturated heterocycles. The minimum absolute atomic E-state index is 0.677. The van der Waals surface area contributed by atoms with Crippen LogP contribution in [-0.2, 0) is 6.54 Å². The first-order valence-electron chi connectivity index (χ1n) is 8.19. The van der Waals surface area contributed by atoms with Gasteiger partial charge in [-0.15, -0.1) is 0 Å². The lowest BCUT2D eigenvalue weighted by Crippen LogP contribution is -2.39. The highest BCUT2D eigenvalue weighted by molar-refractivity contribution is 6.30. The summed E-state index contributed by atoms with van der Waals surface area (Å²) in [7, 11) is 0. The van der Waals surface area contributed by atoms with Gasteiger partial charge in [-0.1, -0.05) is 45.4 Å². The van der Waals surface area contributed by atoms with E-state index in [1.807, 2.05) is 6.07 Å². The third-order valence-electron chi connectivity index (χ3n) is 4.12. The monoisotopic (exact) mass is 308 g/mol. The SMILES string of the molecule is CC(C)CNCc1ccc(Cl)cc1N1CC(C)CC(C)C1. The molecule has 0 bridgehead atoms. The largest absolute Gasteiger partial charge is 0.371 e. The van der Waals surface area contributed by atoms with Crippen molar-refractivity contribution in [3.05, 3.63) is 28.8 Å².